The smallest absolute Gasteiger partial charge is 0.236 e. The number of halogens is 1. The Labute approximate surface area is 119 Å². The molecule has 0 aliphatic heterocycles. The van der Waals surface area contributed by atoms with Crippen LogP contribution in [0.25, 0.3) is 0 Å². The van der Waals surface area contributed by atoms with Crippen LogP contribution in [0.5, 0.6) is 5.75 Å². The Morgan fingerprint density at radius 2 is 2.10 bits per heavy atom. The highest BCUT2D eigenvalue weighted by molar-refractivity contribution is 5.81. The summed E-state index contributed by atoms with van der Waals surface area (Å²) in [5, 5.41) is 5.97. The Kier molecular flexibility index (Phi) is 6.45. The fourth-order valence-electron chi connectivity index (χ4n) is 1.90. The third-order valence-electron chi connectivity index (χ3n) is 3.12. The van der Waals surface area contributed by atoms with Gasteiger partial charge in [-0.2, -0.15) is 0 Å². The van der Waals surface area contributed by atoms with Crippen molar-refractivity contribution in [3.05, 3.63) is 29.6 Å². The van der Waals surface area contributed by atoms with Crippen molar-refractivity contribution in [2.24, 2.45) is 0 Å². The van der Waals surface area contributed by atoms with E-state index in [1.165, 1.54) is 13.2 Å². The van der Waals surface area contributed by atoms with Gasteiger partial charge in [-0.15, -0.1) is 0 Å². The van der Waals surface area contributed by atoms with E-state index in [1.54, 1.807) is 19.1 Å². The molecule has 0 saturated carbocycles. The van der Waals surface area contributed by atoms with Crippen molar-refractivity contribution in [3.8, 4) is 5.75 Å². The van der Waals surface area contributed by atoms with Crippen LogP contribution in [0, 0.1) is 5.82 Å². The molecule has 0 aromatic heterocycles. The first-order valence-corrected chi connectivity index (χ1v) is 6.86. The predicted octanol–water partition coefficient (Wildman–Crippen LogP) is 2.40. The van der Waals surface area contributed by atoms with Gasteiger partial charge in [0, 0.05) is 12.6 Å². The van der Waals surface area contributed by atoms with Crippen LogP contribution in [-0.4, -0.2) is 25.6 Å². The Morgan fingerprint density at radius 3 is 2.65 bits per heavy atom. The second-order valence-corrected chi connectivity index (χ2v) is 4.80. The van der Waals surface area contributed by atoms with E-state index in [4.69, 9.17) is 4.74 Å². The molecule has 4 nitrogen and oxygen atoms in total. The predicted molar refractivity (Wildman–Crippen MR) is 77.3 cm³/mol. The maximum atomic E-state index is 13.6. The zero-order valence-corrected chi connectivity index (χ0v) is 12.5. The summed E-state index contributed by atoms with van der Waals surface area (Å²) < 4.78 is 18.5. The molecule has 0 radical (unpaired) electrons. The first kappa shape index (κ1) is 16.4. The van der Waals surface area contributed by atoms with Crippen LogP contribution in [-0.2, 0) is 4.79 Å². The Balaban J connectivity index is 2.64. The highest BCUT2D eigenvalue weighted by Gasteiger charge is 2.16. The number of nitrogens with one attached hydrogen (secondary N) is 2. The standard InChI is InChI=1S/C15H23FN2O2/c1-5-8-17-15(19)11(3)18-10(2)12-6-7-14(20-4)13(16)9-12/h6-7,9-11,18H,5,8H2,1-4H3,(H,17,19). The van der Waals surface area contributed by atoms with Crippen LogP contribution >= 0.6 is 0 Å². The number of hydrogen-bond acceptors (Lipinski definition) is 3. The summed E-state index contributed by atoms with van der Waals surface area (Å²) in [6.45, 7) is 6.35. The lowest BCUT2D eigenvalue weighted by atomic mass is 10.1. The Morgan fingerprint density at radius 1 is 1.40 bits per heavy atom. The van der Waals surface area contributed by atoms with E-state index in [0.29, 0.717) is 6.54 Å². The van der Waals surface area contributed by atoms with E-state index in [9.17, 15) is 9.18 Å². The van der Waals surface area contributed by atoms with E-state index in [-0.39, 0.29) is 23.7 Å². The number of methoxy groups -OCH3 is 1. The normalized spacial score (nSPS) is 13.7. The van der Waals surface area contributed by atoms with Crippen LogP contribution in [0.1, 0.15) is 38.8 Å². The zero-order chi connectivity index (χ0) is 15.1. The molecule has 0 saturated heterocycles. The van der Waals surface area contributed by atoms with Crippen molar-refractivity contribution in [2.45, 2.75) is 39.3 Å². The van der Waals surface area contributed by atoms with E-state index in [1.807, 2.05) is 13.8 Å². The molecule has 1 aromatic carbocycles. The monoisotopic (exact) mass is 282 g/mol. The minimum Gasteiger partial charge on any atom is -0.494 e. The van der Waals surface area contributed by atoms with Gasteiger partial charge in [-0.3, -0.25) is 10.1 Å². The molecule has 0 fully saturated rings. The van der Waals surface area contributed by atoms with E-state index in [0.717, 1.165) is 12.0 Å². The quantitative estimate of drug-likeness (QED) is 0.807. The highest BCUT2D eigenvalue weighted by Crippen LogP contribution is 2.21. The lowest BCUT2D eigenvalue weighted by Crippen LogP contribution is -2.43. The number of ether oxygens (including phenoxy) is 1. The van der Waals surface area contributed by atoms with Crippen molar-refractivity contribution in [1.82, 2.24) is 10.6 Å². The number of carbonyl (C=O) groups excluding carboxylic acids is 1. The molecule has 2 N–H and O–H groups in total. The molecule has 0 aliphatic carbocycles. The average molecular weight is 282 g/mol. The van der Waals surface area contributed by atoms with Crippen LogP contribution in [0.3, 0.4) is 0 Å². The summed E-state index contributed by atoms with van der Waals surface area (Å²) >= 11 is 0. The molecule has 1 rings (SSSR count). The third kappa shape index (κ3) is 4.49. The molecule has 2 unspecified atom stereocenters. The summed E-state index contributed by atoms with van der Waals surface area (Å²) in [4.78, 5) is 11.8. The van der Waals surface area contributed by atoms with Gasteiger partial charge in [0.1, 0.15) is 0 Å². The number of hydrogen-bond donors (Lipinski definition) is 2. The van der Waals surface area contributed by atoms with Gasteiger partial charge in [-0.1, -0.05) is 13.0 Å². The zero-order valence-electron chi connectivity index (χ0n) is 12.5. The number of rotatable bonds is 7. The summed E-state index contributed by atoms with van der Waals surface area (Å²) in [5.41, 5.74) is 0.776. The fourth-order valence-corrected chi connectivity index (χ4v) is 1.90. The maximum Gasteiger partial charge on any atom is 0.236 e. The molecule has 5 heteroatoms. The van der Waals surface area contributed by atoms with Crippen molar-refractivity contribution < 1.29 is 13.9 Å². The van der Waals surface area contributed by atoms with Gasteiger partial charge in [-0.25, -0.2) is 4.39 Å². The number of amides is 1. The van der Waals surface area contributed by atoms with Crippen molar-refractivity contribution in [2.75, 3.05) is 13.7 Å². The minimum absolute atomic E-state index is 0.0484. The molecule has 0 bridgehead atoms. The number of benzene rings is 1. The Hall–Kier alpha value is -1.62. The van der Waals surface area contributed by atoms with Crippen molar-refractivity contribution in [3.63, 3.8) is 0 Å². The summed E-state index contributed by atoms with van der Waals surface area (Å²) in [5.74, 6) is -0.232. The molecule has 0 heterocycles. The first-order valence-electron chi connectivity index (χ1n) is 6.86. The molecular formula is C15H23FN2O2. The van der Waals surface area contributed by atoms with Gasteiger partial charge in [0.2, 0.25) is 5.91 Å². The van der Waals surface area contributed by atoms with E-state index in [2.05, 4.69) is 10.6 Å². The van der Waals surface area contributed by atoms with Crippen molar-refractivity contribution >= 4 is 5.91 Å². The van der Waals surface area contributed by atoms with Gasteiger partial charge >= 0.3 is 0 Å². The molecule has 0 spiro atoms. The SMILES string of the molecule is CCCNC(=O)C(C)NC(C)c1ccc(OC)c(F)c1. The Bertz CT molecular complexity index is 451. The van der Waals surface area contributed by atoms with E-state index >= 15 is 0 Å². The van der Waals surface area contributed by atoms with Crippen LogP contribution < -0.4 is 15.4 Å². The summed E-state index contributed by atoms with van der Waals surface area (Å²) in [6.07, 6.45) is 0.901. The molecular weight excluding hydrogens is 259 g/mol. The average Bonchev–Trinajstić information content (AvgIpc) is 2.44. The van der Waals surface area contributed by atoms with E-state index < -0.39 is 5.82 Å². The fraction of sp³-hybridized carbons (Fsp3) is 0.533. The van der Waals surface area contributed by atoms with Crippen molar-refractivity contribution in [1.29, 1.82) is 0 Å². The second kappa shape index (κ2) is 7.85. The highest BCUT2D eigenvalue weighted by atomic mass is 19.1. The minimum atomic E-state index is -0.401. The molecule has 2 atom stereocenters. The molecule has 1 aromatic rings. The lowest BCUT2D eigenvalue weighted by Gasteiger charge is -2.20. The van der Waals surface area contributed by atoms with Crippen LogP contribution in [0.15, 0.2) is 18.2 Å². The molecule has 0 aliphatic rings. The summed E-state index contributed by atoms with van der Waals surface area (Å²) in [6, 6.07) is 4.34. The largest absolute Gasteiger partial charge is 0.494 e. The van der Waals surface area contributed by atoms with Crippen LogP contribution in [0.4, 0.5) is 4.39 Å². The van der Waals surface area contributed by atoms with Crippen LogP contribution in [0.2, 0.25) is 0 Å². The second-order valence-electron chi connectivity index (χ2n) is 4.80. The number of carbonyl (C=O) groups is 1. The topological polar surface area (TPSA) is 50.4 Å². The lowest BCUT2D eigenvalue weighted by molar-refractivity contribution is -0.122. The maximum absolute atomic E-state index is 13.6. The third-order valence-corrected chi connectivity index (χ3v) is 3.12. The molecule has 20 heavy (non-hydrogen) atoms. The van der Waals surface area contributed by atoms with Gasteiger partial charge < -0.3 is 10.1 Å². The van der Waals surface area contributed by atoms with Gasteiger partial charge in [0.25, 0.3) is 0 Å². The van der Waals surface area contributed by atoms with Gasteiger partial charge in [-0.05, 0) is 38.0 Å². The molecule has 1 amide bonds. The first-order chi connectivity index (χ1) is 9.49. The molecule has 112 valence electrons. The summed E-state index contributed by atoms with van der Waals surface area (Å²) in [7, 11) is 1.43. The van der Waals surface area contributed by atoms with Gasteiger partial charge in [0.15, 0.2) is 11.6 Å². The van der Waals surface area contributed by atoms with Gasteiger partial charge in [0.05, 0.1) is 13.2 Å².